The summed E-state index contributed by atoms with van der Waals surface area (Å²) in [5, 5.41) is 0.420. The summed E-state index contributed by atoms with van der Waals surface area (Å²) < 4.78 is 1.34. The number of rotatable bonds is 5. The van der Waals surface area contributed by atoms with Crippen LogP contribution in [0, 0.1) is 20.8 Å². The van der Waals surface area contributed by atoms with Gasteiger partial charge >= 0.3 is 5.69 Å². The average Bonchev–Trinajstić information content (AvgIpc) is 2.61. The van der Waals surface area contributed by atoms with Crippen LogP contribution >= 0.6 is 11.6 Å². The van der Waals surface area contributed by atoms with Crippen molar-refractivity contribution in [2.75, 3.05) is 0 Å². The van der Waals surface area contributed by atoms with Crippen LogP contribution < -0.4 is 11.2 Å². The van der Waals surface area contributed by atoms with Gasteiger partial charge in [-0.3, -0.25) is 24.1 Å². The van der Waals surface area contributed by atoms with Crippen LogP contribution in [-0.2, 0) is 6.54 Å². The molecule has 2 aromatic heterocycles. The van der Waals surface area contributed by atoms with Crippen LogP contribution in [0.4, 0.5) is 0 Å². The fraction of sp³-hybridized carbons (Fsp3) is 0.304. The van der Waals surface area contributed by atoms with Gasteiger partial charge in [0.25, 0.3) is 5.56 Å². The van der Waals surface area contributed by atoms with Crippen molar-refractivity contribution >= 4 is 17.4 Å². The molecule has 1 N–H and O–H groups in total. The largest absolute Gasteiger partial charge is 0.329 e. The Balaban J connectivity index is 2.29. The van der Waals surface area contributed by atoms with E-state index in [2.05, 4.69) is 9.97 Å². The molecule has 3 rings (SSSR count). The second kappa shape index (κ2) is 8.40. The number of ketones is 1. The van der Waals surface area contributed by atoms with Gasteiger partial charge in [0, 0.05) is 27.5 Å². The van der Waals surface area contributed by atoms with E-state index in [0.29, 0.717) is 10.6 Å². The molecule has 0 unspecified atom stereocenters. The van der Waals surface area contributed by atoms with Gasteiger partial charge in [-0.1, -0.05) is 25.4 Å². The van der Waals surface area contributed by atoms with Gasteiger partial charge in [0.05, 0.1) is 6.54 Å². The summed E-state index contributed by atoms with van der Waals surface area (Å²) in [5.74, 6) is -0.671. The van der Waals surface area contributed by atoms with Gasteiger partial charge in [-0.15, -0.1) is 0 Å². The monoisotopic (exact) mass is 425 g/mol. The number of nitrogens with zero attached hydrogens (tertiary/aromatic N) is 2. The average molecular weight is 426 g/mol. The molecule has 0 aliphatic rings. The van der Waals surface area contributed by atoms with Crippen molar-refractivity contribution in [1.82, 2.24) is 14.5 Å². The van der Waals surface area contributed by atoms with Crippen LogP contribution in [-0.4, -0.2) is 20.3 Å². The molecule has 0 saturated carbocycles. The Hall–Kier alpha value is -2.99. The van der Waals surface area contributed by atoms with Crippen molar-refractivity contribution in [2.24, 2.45) is 0 Å². The van der Waals surface area contributed by atoms with Gasteiger partial charge in [0.1, 0.15) is 5.69 Å². The first-order valence-electron chi connectivity index (χ1n) is 9.70. The number of pyridine rings is 1. The molecular weight excluding hydrogens is 402 g/mol. The number of carbonyl (C=O) groups excluding carboxylic acids is 1. The summed E-state index contributed by atoms with van der Waals surface area (Å²) in [7, 11) is 0. The van der Waals surface area contributed by atoms with Crippen LogP contribution in [0.2, 0.25) is 5.02 Å². The summed E-state index contributed by atoms with van der Waals surface area (Å²) in [6, 6.07) is 8.72. The zero-order valence-corrected chi connectivity index (χ0v) is 18.4. The van der Waals surface area contributed by atoms with E-state index < -0.39 is 17.0 Å². The number of hydrogen-bond donors (Lipinski definition) is 1. The topological polar surface area (TPSA) is 84.8 Å². The molecular formula is C23H24ClN3O3. The fourth-order valence-electron chi connectivity index (χ4n) is 3.72. The number of H-pyrrole nitrogens is 1. The molecule has 30 heavy (non-hydrogen) atoms. The summed E-state index contributed by atoms with van der Waals surface area (Å²) >= 11 is 6.16. The van der Waals surface area contributed by atoms with Crippen LogP contribution in [0.5, 0.6) is 0 Å². The third-order valence-electron chi connectivity index (χ3n) is 4.81. The SMILES string of the molecule is Cc1cc(Cl)cc(C(=O)c2c(C(C)C)c(=O)[nH]c(=O)n2Cc2cc(C)nc(C)c2)c1. The minimum atomic E-state index is -0.626. The Bertz CT molecular complexity index is 1220. The van der Waals surface area contributed by atoms with Gasteiger partial charge in [-0.05, 0) is 68.1 Å². The number of hydrogen-bond acceptors (Lipinski definition) is 4. The number of aromatic amines is 1. The molecule has 0 atom stereocenters. The molecule has 0 saturated heterocycles. The lowest BCUT2D eigenvalue weighted by Crippen LogP contribution is -2.38. The van der Waals surface area contributed by atoms with Crippen LogP contribution in [0.1, 0.15) is 63.9 Å². The van der Waals surface area contributed by atoms with Crippen molar-refractivity contribution in [3.05, 3.63) is 95.5 Å². The molecule has 0 spiro atoms. The first kappa shape index (κ1) is 21.7. The lowest BCUT2D eigenvalue weighted by atomic mass is 9.96. The van der Waals surface area contributed by atoms with Crippen LogP contribution in [0.15, 0.2) is 39.9 Å². The Morgan fingerprint density at radius 2 is 1.70 bits per heavy atom. The van der Waals surface area contributed by atoms with Gasteiger partial charge in [-0.2, -0.15) is 0 Å². The maximum Gasteiger partial charge on any atom is 0.329 e. The van der Waals surface area contributed by atoms with E-state index in [9.17, 15) is 14.4 Å². The molecule has 3 aromatic rings. The number of carbonyl (C=O) groups is 1. The standard InChI is InChI=1S/C23H24ClN3O3/c1-12(2)19-20(21(28)17-6-13(3)7-18(24)10-17)27(23(30)26-22(19)29)11-16-8-14(4)25-15(5)9-16/h6-10,12H,11H2,1-5H3,(H,26,29,30). The van der Waals surface area contributed by atoms with E-state index in [-0.39, 0.29) is 23.7 Å². The van der Waals surface area contributed by atoms with E-state index in [4.69, 9.17) is 11.6 Å². The lowest BCUT2D eigenvalue weighted by molar-refractivity contribution is 0.102. The quantitative estimate of drug-likeness (QED) is 0.628. The molecule has 0 fully saturated rings. The molecule has 6 nitrogen and oxygen atoms in total. The summed E-state index contributed by atoms with van der Waals surface area (Å²) in [4.78, 5) is 45.7. The highest BCUT2D eigenvalue weighted by atomic mass is 35.5. The third-order valence-corrected chi connectivity index (χ3v) is 5.03. The third kappa shape index (κ3) is 4.44. The van der Waals surface area contributed by atoms with Crippen molar-refractivity contribution < 1.29 is 4.79 Å². The number of aromatic nitrogens is 3. The number of halogens is 1. The second-order valence-electron chi connectivity index (χ2n) is 7.87. The highest BCUT2D eigenvalue weighted by Gasteiger charge is 2.25. The van der Waals surface area contributed by atoms with Crippen molar-refractivity contribution in [2.45, 2.75) is 47.1 Å². The fourth-order valence-corrected chi connectivity index (χ4v) is 4.01. The normalized spacial score (nSPS) is 11.2. The van der Waals surface area contributed by atoms with Crippen molar-refractivity contribution in [3.8, 4) is 0 Å². The maximum absolute atomic E-state index is 13.5. The Kier molecular flexibility index (Phi) is 6.08. The first-order valence-corrected chi connectivity index (χ1v) is 10.1. The maximum atomic E-state index is 13.5. The number of nitrogens with one attached hydrogen (secondary N) is 1. The summed E-state index contributed by atoms with van der Waals surface area (Å²) in [6.07, 6.45) is 0. The van der Waals surface area contributed by atoms with E-state index in [1.807, 2.05) is 46.8 Å². The highest BCUT2D eigenvalue weighted by Crippen LogP contribution is 2.22. The summed E-state index contributed by atoms with van der Waals surface area (Å²) in [6.45, 7) is 9.35. The second-order valence-corrected chi connectivity index (χ2v) is 8.30. The number of benzene rings is 1. The molecule has 0 amide bonds. The van der Waals surface area contributed by atoms with E-state index in [0.717, 1.165) is 22.5 Å². The lowest BCUT2D eigenvalue weighted by Gasteiger charge is -2.18. The predicted octanol–water partition coefficient (Wildman–Crippen LogP) is 3.91. The molecule has 156 valence electrons. The summed E-state index contributed by atoms with van der Waals surface area (Å²) in [5.41, 5.74) is 2.79. The molecule has 0 bridgehead atoms. The molecule has 0 aliphatic heterocycles. The Morgan fingerprint density at radius 1 is 1.07 bits per heavy atom. The Morgan fingerprint density at radius 3 is 2.27 bits per heavy atom. The van der Waals surface area contributed by atoms with Crippen molar-refractivity contribution in [1.29, 1.82) is 0 Å². The zero-order valence-electron chi connectivity index (χ0n) is 17.7. The molecule has 0 radical (unpaired) electrons. The minimum absolute atomic E-state index is 0.0903. The predicted molar refractivity (Wildman–Crippen MR) is 118 cm³/mol. The number of aryl methyl sites for hydroxylation is 3. The highest BCUT2D eigenvalue weighted by molar-refractivity contribution is 6.31. The minimum Gasteiger partial charge on any atom is -0.287 e. The molecule has 1 aromatic carbocycles. The van der Waals surface area contributed by atoms with Gasteiger partial charge in [0.15, 0.2) is 0 Å². The van der Waals surface area contributed by atoms with E-state index in [1.54, 1.807) is 18.2 Å². The first-order chi connectivity index (χ1) is 14.1. The van der Waals surface area contributed by atoms with Crippen LogP contribution in [0.25, 0.3) is 0 Å². The molecule has 7 heteroatoms. The van der Waals surface area contributed by atoms with Crippen molar-refractivity contribution in [3.63, 3.8) is 0 Å². The zero-order chi connectivity index (χ0) is 22.2. The Labute approximate surface area is 179 Å². The van der Waals surface area contributed by atoms with Gasteiger partial charge in [-0.25, -0.2) is 4.79 Å². The van der Waals surface area contributed by atoms with E-state index in [1.165, 1.54) is 4.57 Å². The molecule has 2 heterocycles. The van der Waals surface area contributed by atoms with Gasteiger partial charge in [0.2, 0.25) is 5.78 Å². The van der Waals surface area contributed by atoms with E-state index >= 15 is 0 Å². The van der Waals surface area contributed by atoms with Gasteiger partial charge < -0.3 is 0 Å². The smallest absolute Gasteiger partial charge is 0.287 e. The molecule has 0 aliphatic carbocycles. The van der Waals surface area contributed by atoms with Crippen LogP contribution in [0.3, 0.4) is 0 Å².